The molecule has 0 amide bonds. The van der Waals surface area contributed by atoms with Crippen LogP contribution >= 0.6 is 0 Å². The van der Waals surface area contributed by atoms with Crippen molar-refractivity contribution in [1.82, 2.24) is 29.1 Å². The van der Waals surface area contributed by atoms with Gasteiger partial charge in [0.25, 0.3) is 0 Å². The molecule has 0 saturated heterocycles. The number of benzene rings is 4. The highest BCUT2D eigenvalue weighted by molar-refractivity contribution is 6.10. The molecule has 0 radical (unpaired) electrons. The molecule has 4 aromatic carbocycles. The van der Waals surface area contributed by atoms with E-state index in [0.29, 0.717) is 11.6 Å². The maximum Gasteiger partial charge on any atom is 0.199 e. The minimum absolute atomic E-state index is 0.479. The SMILES string of the molecule is c1ccc2c(c1)c1ccccc1n2-c1ccnc(-c2nccc(-n3c4ccccc4c4ccccc43)n2)n1. The Hall–Kier alpha value is -5.36. The monoisotopic (exact) mass is 488 g/mol. The predicted molar refractivity (Wildman–Crippen MR) is 152 cm³/mol. The maximum atomic E-state index is 4.95. The van der Waals surface area contributed by atoms with Crippen LogP contribution in [-0.2, 0) is 0 Å². The summed E-state index contributed by atoms with van der Waals surface area (Å²) in [6.45, 7) is 0. The number of para-hydroxylation sites is 4. The summed E-state index contributed by atoms with van der Waals surface area (Å²) in [4.78, 5) is 19.0. The number of rotatable bonds is 3. The Balaban J connectivity index is 1.32. The van der Waals surface area contributed by atoms with E-state index in [9.17, 15) is 0 Å². The Morgan fingerprint density at radius 2 is 0.684 bits per heavy atom. The van der Waals surface area contributed by atoms with Gasteiger partial charge in [-0.3, -0.25) is 9.13 Å². The highest BCUT2D eigenvalue weighted by Crippen LogP contribution is 2.33. The van der Waals surface area contributed by atoms with Crippen LogP contribution < -0.4 is 0 Å². The van der Waals surface area contributed by atoms with Crippen molar-refractivity contribution in [3.05, 3.63) is 122 Å². The minimum atomic E-state index is 0.479. The summed E-state index contributed by atoms with van der Waals surface area (Å²) >= 11 is 0. The number of fused-ring (bicyclic) bond motifs is 6. The lowest BCUT2D eigenvalue weighted by molar-refractivity contribution is 0.990. The van der Waals surface area contributed by atoms with Gasteiger partial charge < -0.3 is 0 Å². The van der Waals surface area contributed by atoms with Gasteiger partial charge in [0.05, 0.1) is 22.1 Å². The van der Waals surface area contributed by atoms with E-state index in [0.717, 1.165) is 33.7 Å². The summed E-state index contributed by atoms with van der Waals surface area (Å²) in [5.74, 6) is 2.51. The molecule has 0 saturated carbocycles. The third-order valence-electron chi connectivity index (χ3n) is 7.10. The van der Waals surface area contributed by atoms with Crippen molar-refractivity contribution in [2.24, 2.45) is 0 Å². The van der Waals surface area contributed by atoms with E-state index in [1.54, 1.807) is 12.4 Å². The molecule has 4 aromatic heterocycles. The minimum Gasteiger partial charge on any atom is -0.294 e. The largest absolute Gasteiger partial charge is 0.294 e. The predicted octanol–water partition coefficient (Wildman–Crippen LogP) is 7.13. The Morgan fingerprint density at radius 1 is 0.368 bits per heavy atom. The summed E-state index contributed by atoms with van der Waals surface area (Å²) < 4.78 is 4.35. The van der Waals surface area contributed by atoms with Crippen LogP contribution in [0.1, 0.15) is 0 Å². The zero-order valence-corrected chi connectivity index (χ0v) is 20.2. The second kappa shape index (κ2) is 8.08. The molecule has 6 nitrogen and oxygen atoms in total. The van der Waals surface area contributed by atoms with Crippen LogP contribution in [0.5, 0.6) is 0 Å². The highest BCUT2D eigenvalue weighted by Gasteiger charge is 2.16. The van der Waals surface area contributed by atoms with Gasteiger partial charge in [-0.25, -0.2) is 19.9 Å². The third kappa shape index (κ3) is 3.01. The number of hydrogen-bond acceptors (Lipinski definition) is 4. The van der Waals surface area contributed by atoms with Gasteiger partial charge in [0.15, 0.2) is 11.6 Å². The van der Waals surface area contributed by atoms with Crippen molar-refractivity contribution >= 4 is 43.6 Å². The molecule has 0 aliphatic heterocycles. The highest BCUT2D eigenvalue weighted by atomic mass is 15.1. The van der Waals surface area contributed by atoms with E-state index in [2.05, 4.69) is 116 Å². The fourth-order valence-corrected chi connectivity index (χ4v) is 5.50. The van der Waals surface area contributed by atoms with Crippen LogP contribution in [0.3, 0.4) is 0 Å². The first kappa shape index (κ1) is 20.8. The lowest BCUT2D eigenvalue weighted by Gasteiger charge is -2.10. The Kier molecular flexibility index (Phi) is 4.42. The van der Waals surface area contributed by atoms with Gasteiger partial charge in [-0.2, -0.15) is 0 Å². The molecule has 0 aliphatic rings. The van der Waals surface area contributed by atoms with Gasteiger partial charge in [-0.15, -0.1) is 0 Å². The summed E-state index contributed by atoms with van der Waals surface area (Å²) in [6.07, 6.45) is 3.55. The summed E-state index contributed by atoms with van der Waals surface area (Å²) in [6, 6.07) is 37.4. The molecular weight excluding hydrogens is 468 g/mol. The molecule has 6 heteroatoms. The molecule has 0 fully saturated rings. The van der Waals surface area contributed by atoms with E-state index in [-0.39, 0.29) is 0 Å². The fourth-order valence-electron chi connectivity index (χ4n) is 5.50. The Labute approximate surface area is 217 Å². The average Bonchev–Trinajstić information content (AvgIpc) is 3.51. The number of nitrogens with zero attached hydrogens (tertiary/aromatic N) is 6. The van der Waals surface area contributed by atoms with Gasteiger partial charge in [0.1, 0.15) is 11.6 Å². The zero-order chi connectivity index (χ0) is 25.1. The van der Waals surface area contributed by atoms with Crippen LogP contribution in [0.4, 0.5) is 0 Å². The Bertz CT molecular complexity index is 1890. The molecule has 0 unspecified atom stereocenters. The zero-order valence-electron chi connectivity index (χ0n) is 20.2. The molecular formula is C32H20N6. The van der Waals surface area contributed by atoms with Gasteiger partial charge in [-0.05, 0) is 36.4 Å². The quantitative estimate of drug-likeness (QED) is 0.265. The van der Waals surface area contributed by atoms with Gasteiger partial charge in [0.2, 0.25) is 0 Å². The summed E-state index contributed by atoms with van der Waals surface area (Å²) in [7, 11) is 0. The van der Waals surface area contributed by atoms with Crippen LogP contribution in [0.25, 0.3) is 66.9 Å². The van der Waals surface area contributed by atoms with E-state index >= 15 is 0 Å². The van der Waals surface area contributed by atoms with Crippen molar-refractivity contribution in [1.29, 1.82) is 0 Å². The first-order valence-corrected chi connectivity index (χ1v) is 12.5. The topological polar surface area (TPSA) is 61.4 Å². The van der Waals surface area contributed by atoms with Crippen molar-refractivity contribution in [2.75, 3.05) is 0 Å². The average molecular weight is 489 g/mol. The van der Waals surface area contributed by atoms with E-state index < -0.39 is 0 Å². The van der Waals surface area contributed by atoms with E-state index in [4.69, 9.17) is 9.97 Å². The molecule has 4 heterocycles. The second-order valence-electron chi connectivity index (χ2n) is 9.22. The van der Waals surface area contributed by atoms with Gasteiger partial charge in [0, 0.05) is 33.9 Å². The molecule has 178 valence electrons. The first-order valence-electron chi connectivity index (χ1n) is 12.5. The fraction of sp³-hybridized carbons (Fsp3) is 0. The molecule has 0 N–H and O–H groups in total. The molecule has 38 heavy (non-hydrogen) atoms. The number of aromatic nitrogens is 6. The lowest BCUT2D eigenvalue weighted by atomic mass is 10.2. The van der Waals surface area contributed by atoms with Crippen molar-refractivity contribution in [3.63, 3.8) is 0 Å². The summed E-state index contributed by atoms with van der Waals surface area (Å²) in [5, 5.41) is 4.75. The van der Waals surface area contributed by atoms with Crippen LogP contribution in [0, 0.1) is 0 Å². The molecule has 0 spiro atoms. The van der Waals surface area contributed by atoms with Crippen LogP contribution in [-0.4, -0.2) is 29.1 Å². The number of hydrogen-bond donors (Lipinski definition) is 0. The second-order valence-corrected chi connectivity index (χ2v) is 9.22. The van der Waals surface area contributed by atoms with E-state index in [1.165, 1.54) is 21.5 Å². The smallest absolute Gasteiger partial charge is 0.199 e. The Morgan fingerprint density at radius 3 is 1.03 bits per heavy atom. The van der Waals surface area contributed by atoms with Crippen LogP contribution in [0.15, 0.2) is 122 Å². The van der Waals surface area contributed by atoms with Gasteiger partial charge in [-0.1, -0.05) is 72.8 Å². The van der Waals surface area contributed by atoms with E-state index in [1.807, 2.05) is 12.1 Å². The molecule has 0 bridgehead atoms. The van der Waals surface area contributed by atoms with Crippen molar-refractivity contribution in [2.45, 2.75) is 0 Å². The molecule has 8 rings (SSSR count). The maximum absolute atomic E-state index is 4.95. The molecule has 0 atom stereocenters. The van der Waals surface area contributed by atoms with Gasteiger partial charge >= 0.3 is 0 Å². The summed E-state index contributed by atoms with van der Waals surface area (Å²) in [5.41, 5.74) is 4.38. The first-order chi connectivity index (χ1) is 18.9. The van der Waals surface area contributed by atoms with Crippen molar-refractivity contribution in [3.8, 4) is 23.3 Å². The standard InChI is InChI=1S/C32H20N6/c1-5-13-25-21(9-1)22-10-2-6-14-26(22)37(25)29-17-19-33-31(35-29)32-34-20-18-30(36-32)38-27-15-7-3-11-23(27)24-12-4-8-16-28(24)38/h1-20H. The molecule has 0 aliphatic carbocycles. The van der Waals surface area contributed by atoms with Crippen LogP contribution in [0.2, 0.25) is 0 Å². The normalized spacial score (nSPS) is 11.7. The lowest BCUT2D eigenvalue weighted by Crippen LogP contribution is -2.04. The van der Waals surface area contributed by atoms with Crippen molar-refractivity contribution < 1.29 is 0 Å². The third-order valence-corrected chi connectivity index (χ3v) is 7.10. The molecule has 8 aromatic rings.